The van der Waals surface area contributed by atoms with Crippen molar-refractivity contribution in [2.45, 2.75) is 31.6 Å². The first kappa shape index (κ1) is 26.8. The Morgan fingerprint density at radius 2 is 1.80 bits per heavy atom. The number of nitriles is 1. The molecule has 0 saturated carbocycles. The van der Waals surface area contributed by atoms with Gasteiger partial charge in [0.25, 0.3) is 10.0 Å². The third-order valence-corrected chi connectivity index (χ3v) is 8.46. The van der Waals surface area contributed by atoms with Gasteiger partial charge >= 0.3 is 5.97 Å². The number of para-hydroxylation sites is 1. The average Bonchev–Trinajstić information content (AvgIpc) is 3.39. The molecule has 0 aliphatic rings. The number of aromatic nitrogens is 3. The Hall–Kier alpha value is -4.75. The molecule has 0 spiro atoms. The normalized spacial score (nSPS) is 11.4. The Morgan fingerprint density at radius 3 is 2.55 bits per heavy atom. The van der Waals surface area contributed by atoms with E-state index in [9.17, 15) is 13.2 Å². The summed E-state index contributed by atoms with van der Waals surface area (Å²) >= 11 is 0. The number of fused-ring (bicyclic) bond motifs is 2. The van der Waals surface area contributed by atoms with Crippen LogP contribution in [0.15, 0.2) is 77.8 Å². The van der Waals surface area contributed by atoms with E-state index in [1.807, 2.05) is 12.1 Å². The number of carbonyl (C=O) groups excluding carboxylic acids is 1. The summed E-state index contributed by atoms with van der Waals surface area (Å²) in [6.45, 7) is 3.09. The van der Waals surface area contributed by atoms with Crippen molar-refractivity contribution in [3.63, 3.8) is 0 Å². The number of hydrogen-bond donors (Lipinski definition) is 1. The van der Waals surface area contributed by atoms with Crippen LogP contribution in [-0.4, -0.2) is 42.5 Å². The summed E-state index contributed by atoms with van der Waals surface area (Å²) in [4.78, 5) is 25.0. The maximum Gasteiger partial charge on any atom is 0.326 e. The zero-order chi connectivity index (χ0) is 28.3. The predicted octanol–water partition coefficient (Wildman–Crippen LogP) is 4.83. The van der Waals surface area contributed by atoms with Crippen LogP contribution >= 0.6 is 0 Å². The minimum Gasteiger partial charge on any atom is -0.465 e. The summed E-state index contributed by atoms with van der Waals surface area (Å²) in [5, 5.41) is 9.68. The Morgan fingerprint density at radius 1 is 1.02 bits per heavy atom. The molecule has 0 amide bonds. The van der Waals surface area contributed by atoms with Gasteiger partial charge < -0.3 is 9.72 Å². The van der Waals surface area contributed by atoms with E-state index in [-0.39, 0.29) is 11.5 Å². The number of H-pyrrole nitrogens is 1. The molecule has 0 saturated heterocycles. The van der Waals surface area contributed by atoms with Crippen molar-refractivity contribution in [3.8, 4) is 6.07 Å². The number of hydrogen-bond acceptors (Lipinski definition) is 7. The minimum atomic E-state index is -4.22. The number of nitrogens with zero attached hydrogens (tertiary/aromatic N) is 4. The fourth-order valence-corrected chi connectivity index (χ4v) is 6.31. The Kier molecular flexibility index (Phi) is 7.49. The molecule has 0 aliphatic heterocycles. The van der Waals surface area contributed by atoms with E-state index in [1.54, 1.807) is 62.4 Å². The molecule has 5 aromatic rings. The van der Waals surface area contributed by atoms with Crippen molar-refractivity contribution in [3.05, 3.63) is 95.4 Å². The molecule has 0 aliphatic carbocycles. The molecule has 9 nitrogen and oxygen atoms in total. The van der Waals surface area contributed by atoms with Crippen molar-refractivity contribution in [2.75, 3.05) is 17.5 Å². The van der Waals surface area contributed by atoms with Crippen LogP contribution in [0.1, 0.15) is 29.4 Å². The number of benzene rings is 3. The van der Waals surface area contributed by atoms with Gasteiger partial charge in [-0.3, -0.25) is 14.1 Å². The number of aromatic amines is 1. The summed E-state index contributed by atoms with van der Waals surface area (Å²) in [6.07, 6.45) is 2.88. The van der Waals surface area contributed by atoms with Gasteiger partial charge in [0.15, 0.2) is 0 Å². The fourth-order valence-electron chi connectivity index (χ4n) is 4.68. The van der Waals surface area contributed by atoms with Crippen LogP contribution in [0.4, 0.5) is 5.69 Å². The lowest BCUT2D eigenvalue weighted by Crippen LogP contribution is -2.37. The molecule has 40 heavy (non-hydrogen) atoms. The van der Waals surface area contributed by atoms with Gasteiger partial charge in [0.2, 0.25) is 0 Å². The Bertz CT molecular complexity index is 1850. The SMILES string of the molecule is CCOC(=O)CN(c1ccc2[nH]c(CCc3ccc(C#N)cc3)nc2c1C)S(=O)(=O)c1cccc2cccnc12. The van der Waals surface area contributed by atoms with Crippen molar-refractivity contribution in [1.29, 1.82) is 5.26 Å². The lowest BCUT2D eigenvalue weighted by Gasteiger charge is -2.25. The Balaban J connectivity index is 1.53. The van der Waals surface area contributed by atoms with Gasteiger partial charge in [0.1, 0.15) is 17.3 Å². The van der Waals surface area contributed by atoms with Gasteiger partial charge in [-0.25, -0.2) is 13.4 Å². The number of sulfonamides is 1. The summed E-state index contributed by atoms with van der Waals surface area (Å²) in [6, 6.07) is 21.4. The molecule has 3 aromatic carbocycles. The van der Waals surface area contributed by atoms with E-state index in [1.165, 1.54) is 12.3 Å². The molecule has 0 radical (unpaired) electrons. The number of nitrogens with one attached hydrogen (secondary N) is 1. The molecule has 1 N–H and O–H groups in total. The number of anilines is 1. The molecule has 0 unspecified atom stereocenters. The van der Waals surface area contributed by atoms with E-state index >= 15 is 0 Å². The summed E-state index contributed by atoms with van der Waals surface area (Å²) in [5.41, 5.74) is 4.33. The molecule has 10 heteroatoms. The van der Waals surface area contributed by atoms with Crippen molar-refractivity contribution in [1.82, 2.24) is 15.0 Å². The highest BCUT2D eigenvalue weighted by molar-refractivity contribution is 7.93. The second-order valence-corrected chi connectivity index (χ2v) is 11.1. The quantitative estimate of drug-likeness (QED) is 0.259. The molecule has 5 rings (SSSR count). The summed E-state index contributed by atoms with van der Waals surface area (Å²) < 4.78 is 34.4. The molecular weight excluding hydrogens is 526 g/mol. The topological polar surface area (TPSA) is 129 Å². The van der Waals surface area contributed by atoms with Crippen LogP contribution in [0.2, 0.25) is 0 Å². The number of esters is 1. The van der Waals surface area contributed by atoms with E-state index in [0.29, 0.717) is 39.7 Å². The molecule has 0 bridgehead atoms. The second kappa shape index (κ2) is 11.2. The minimum absolute atomic E-state index is 0.000436. The lowest BCUT2D eigenvalue weighted by atomic mass is 10.1. The predicted molar refractivity (Wildman–Crippen MR) is 152 cm³/mol. The number of carbonyl (C=O) groups is 1. The van der Waals surface area contributed by atoms with Crippen LogP contribution < -0.4 is 4.31 Å². The number of pyridine rings is 1. The maximum atomic E-state index is 14.1. The van der Waals surface area contributed by atoms with Gasteiger partial charge in [-0.2, -0.15) is 5.26 Å². The number of rotatable bonds is 9. The van der Waals surface area contributed by atoms with Crippen LogP contribution in [0, 0.1) is 18.3 Å². The van der Waals surface area contributed by atoms with Crippen LogP contribution in [0.25, 0.3) is 21.9 Å². The Labute approximate surface area is 232 Å². The number of imidazole rings is 1. The second-order valence-electron chi connectivity index (χ2n) is 9.25. The average molecular weight is 554 g/mol. The molecule has 2 heterocycles. The third kappa shape index (κ3) is 5.24. The molecule has 2 aromatic heterocycles. The highest BCUT2D eigenvalue weighted by atomic mass is 32.2. The first-order chi connectivity index (χ1) is 19.3. The molecule has 0 atom stereocenters. The van der Waals surface area contributed by atoms with E-state index in [0.717, 1.165) is 27.6 Å². The van der Waals surface area contributed by atoms with Gasteiger partial charge in [0.05, 0.1) is 40.5 Å². The van der Waals surface area contributed by atoms with Gasteiger partial charge in [-0.1, -0.05) is 30.3 Å². The highest BCUT2D eigenvalue weighted by Gasteiger charge is 2.31. The van der Waals surface area contributed by atoms with Crippen LogP contribution in [0.3, 0.4) is 0 Å². The number of aryl methyl sites for hydroxylation is 3. The lowest BCUT2D eigenvalue weighted by molar-refractivity contribution is -0.141. The number of ether oxygens (including phenoxy) is 1. The highest BCUT2D eigenvalue weighted by Crippen LogP contribution is 2.33. The van der Waals surface area contributed by atoms with Crippen LogP contribution in [0.5, 0.6) is 0 Å². The zero-order valence-electron chi connectivity index (χ0n) is 22.1. The molecule has 202 valence electrons. The van der Waals surface area contributed by atoms with E-state index < -0.39 is 22.5 Å². The zero-order valence-corrected chi connectivity index (χ0v) is 22.9. The largest absolute Gasteiger partial charge is 0.465 e. The first-order valence-electron chi connectivity index (χ1n) is 12.8. The van der Waals surface area contributed by atoms with Crippen LogP contribution in [-0.2, 0) is 32.4 Å². The fraction of sp³-hybridized carbons (Fsp3) is 0.200. The van der Waals surface area contributed by atoms with Gasteiger partial charge in [-0.05, 0) is 62.2 Å². The van der Waals surface area contributed by atoms with Crippen molar-refractivity contribution in [2.24, 2.45) is 0 Å². The van der Waals surface area contributed by atoms with Crippen molar-refractivity contribution >= 4 is 43.6 Å². The molecular formula is C30H27N5O4S. The standard InChI is InChI=1S/C30H27N5O4S/c1-3-39-28(36)19-35(40(37,38)26-8-4-6-23-7-5-17-32-30(23)26)25-15-14-24-29(20(25)2)34-27(33-24)16-13-21-9-11-22(18-31)12-10-21/h4-12,14-15,17H,3,13,16,19H2,1-2H3,(H,33,34). The monoisotopic (exact) mass is 553 g/mol. The first-order valence-corrected chi connectivity index (χ1v) is 14.2. The smallest absolute Gasteiger partial charge is 0.326 e. The van der Waals surface area contributed by atoms with Gasteiger partial charge in [-0.15, -0.1) is 0 Å². The molecule has 0 fully saturated rings. The van der Waals surface area contributed by atoms with Crippen molar-refractivity contribution < 1.29 is 17.9 Å². The van der Waals surface area contributed by atoms with Gasteiger partial charge in [0, 0.05) is 23.6 Å². The maximum absolute atomic E-state index is 14.1. The third-order valence-electron chi connectivity index (χ3n) is 6.67. The summed E-state index contributed by atoms with van der Waals surface area (Å²) in [7, 11) is -4.22. The van der Waals surface area contributed by atoms with E-state index in [2.05, 4.69) is 16.0 Å². The summed E-state index contributed by atoms with van der Waals surface area (Å²) in [5.74, 6) is 0.0848. The van der Waals surface area contributed by atoms with E-state index in [4.69, 9.17) is 15.0 Å².